The fraction of sp³-hybridized carbons (Fsp3) is 0.476. The lowest BCUT2D eigenvalue weighted by Crippen LogP contribution is -2.40. The van der Waals surface area contributed by atoms with Crippen LogP contribution in [0.4, 0.5) is 5.82 Å². The summed E-state index contributed by atoms with van der Waals surface area (Å²) in [6.45, 7) is 3.59. The van der Waals surface area contributed by atoms with E-state index in [2.05, 4.69) is 40.0 Å². The van der Waals surface area contributed by atoms with Crippen molar-refractivity contribution in [3.63, 3.8) is 0 Å². The minimum atomic E-state index is 0.169. The SMILES string of the molecule is CN1CCCN(C)c2cccc(n2)CCCN(Cc2ccccn2)CC1=O. The Morgan fingerprint density at radius 3 is 2.63 bits per heavy atom. The molecule has 0 N–H and O–H groups in total. The summed E-state index contributed by atoms with van der Waals surface area (Å²) in [5, 5.41) is 0. The molecule has 2 aromatic rings. The highest BCUT2D eigenvalue weighted by atomic mass is 16.2. The third kappa shape index (κ3) is 5.76. The van der Waals surface area contributed by atoms with E-state index in [1.165, 1.54) is 0 Å². The minimum Gasteiger partial charge on any atom is -0.360 e. The molecule has 27 heavy (non-hydrogen) atoms. The van der Waals surface area contributed by atoms with E-state index in [4.69, 9.17) is 4.98 Å². The monoisotopic (exact) mass is 367 g/mol. The first kappa shape index (κ1) is 19.3. The molecule has 3 rings (SSSR count). The van der Waals surface area contributed by atoms with Crippen molar-refractivity contribution in [2.45, 2.75) is 25.8 Å². The molecule has 0 saturated carbocycles. The number of carbonyl (C=O) groups excluding carboxylic acids is 1. The first-order valence-corrected chi connectivity index (χ1v) is 9.65. The molecule has 0 unspecified atom stereocenters. The van der Waals surface area contributed by atoms with Gasteiger partial charge in [-0.1, -0.05) is 12.1 Å². The molecule has 6 heteroatoms. The molecule has 0 atom stereocenters. The van der Waals surface area contributed by atoms with E-state index in [9.17, 15) is 4.79 Å². The van der Waals surface area contributed by atoms with Crippen molar-refractivity contribution in [3.05, 3.63) is 54.0 Å². The largest absolute Gasteiger partial charge is 0.360 e. The van der Waals surface area contributed by atoms with Crippen LogP contribution in [-0.2, 0) is 17.8 Å². The average Bonchev–Trinajstić information content (AvgIpc) is 2.68. The Kier molecular flexibility index (Phi) is 6.76. The van der Waals surface area contributed by atoms with E-state index in [1.807, 2.05) is 30.1 Å². The van der Waals surface area contributed by atoms with Crippen LogP contribution in [0.1, 0.15) is 24.2 Å². The van der Waals surface area contributed by atoms with Crippen LogP contribution >= 0.6 is 0 Å². The van der Waals surface area contributed by atoms with E-state index in [1.54, 1.807) is 6.20 Å². The summed E-state index contributed by atoms with van der Waals surface area (Å²) in [7, 11) is 3.96. The number of aryl methyl sites for hydroxylation is 1. The number of pyridine rings is 2. The molecule has 0 aromatic carbocycles. The van der Waals surface area contributed by atoms with Crippen LogP contribution in [0.2, 0.25) is 0 Å². The molecule has 0 fully saturated rings. The van der Waals surface area contributed by atoms with Crippen LogP contribution in [-0.4, -0.2) is 65.9 Å². The Morgan fingerprint density at radius 1 is 0.963 bits per heavy atom. The van der Waals surface area contributed by atoms with Crippen molar-refractivity contribution >= 4 is 11.7 Å². The molecule has 0 spiro atoms. The minimum absolute atomic E-state index is 0.169. The lowest BCUT2D eigenvalue weighted by Gasteiger charge is -2.26. The molecule has 144 valence electrons. The molecule has 0 aliphatic carbocycles. The van der Waals surface area contributed by atoms with Crippen LogP contribution in [0.15, 0.2) is 42.6 Å². The Bertz CT molecular complexity index is 736. The highest BCUT2D eigenvalue weighted by Gasteiger charge is 2.16. The van der Waals surface area contributed by atoms with Crippen LogP contribution in [0.5, 0.6) is 0 Å². The fourth-order valence-electron chi connectivity index (χ4n) is 3.33. The van der Waals surface area contributed by atoms with E-state index in [-0.39, 0.29) is 5.91 Å². The van der Waals surface area contributed by atoms with Crippen molar-refractivity contribution in [1.82, 2.24) is 19.8 Å². The van der Waals surface area contributed by atoms with Crippen molar-refractivity contribution in [1.29, 1.82) is 0 Å². The number of fused-ring (bicyclic) bond motifs is 2. The maximum atomic E-state index is 12.7. The number of anilines is 1. The zero-order valence-electron chi connectivity index (χ0n) is 16.3. The van der Waals surface area contributed by atoms with Crippen molar-refractivity contribution in [3.8, 4) is 0 Å². The lowest BCUT2D eigenvalue weighted by atomic mass is 10.2. The van der Waals surface area contributed by atoms with Gasteiger partial charge in [0.2, 0.25) is 5.91 Å². The molecule has 0 saturated heterocycles. The van der Waals surface area contributed by atoms with Gasteiger partial charge in [-0.15, -0.1) is 0 Å². The van der Waals surface area contributed by atoms with Gasteiger partial charge >= 0.3 is 0 Å². The Labute approximate surface area is 161 Å². The summed E-state index contributed by atoms with van der Waals surface area (Å²) in [4.78, 5) is 28.1. The normalized spacial score (nSPS) is 17.6. The molecule has 2 bridgehead atoms. The molecule has 2 aromatic heterocycles. The van der Waals surface area contributed by atoms with E-state index < -0.39 is 0 Å². The van der Waals surface area contributed by atoms with Crippen LogP contribution < -0.4 is 4.90 Å². The van der Waals surface area contributed by atoms with Crippen molar-refractivity contribution in [2.75, 3.05) is 45.2 Å². The number of carbonyl (C=O) groups is 1. The maximum absolute atomic E-state index is 12.7. The second-order valence-corrected chi connectivity index (χ2v) is 7.21. The smallest absolute Gasteiger partial charge is 0.236 e. The fourth-order valence-corrected chi connectivity index (χ4v) is 3.33. The maximum Gasteiger partial charge on any atom is 0.236 e. The first-order chi connectivity index (χ1) is 13.1. The van der Waals surface area contributed by atoms with Crippen LogP contribution in [0.25, 0.3) is 0 Å². The average molecular weight is 367 g/mol. The van der Waals surface area contributed by atoms with Gasteiger partial charge in [-0.3, -0.25) is 14.7 Å². The number of nitrogens with zero attached hydrogens (tertiary/aromatic N) is 5. The summed E-state index contributed by atoms with van der Waals surface area (Å²) in [5.74, 6) is 1.17. The number of aromatic nitrogens is 2. The second kappa shape index (κ2) is 9.46. The van der Waals surface area contributed by atoms with E-state index >= 15 is 0 Å². The molecule has 0 radical (unpaired) electrons. The van der Waals surface area contributed by atoms with Crippen molar-refractivity contribution < 1.29 is 4.79 Å². The summed E-state index contributed by atoms with van der Waals surface area (Å²) in [5.41, 5.74) is 2.11. The first-order valence-electron chi connectivity index (χ1n) is 9.65. The number of amides is 1. The molecule has 3 heterocycles. The Balaban J connectivity index is 1.74. The number of rotatable bonds is 2. The lowest BCUT2D eigenvalue weighted by molar-refractivity contribution is -0.131. The standard InChI is InChI=1S/C21H29N5O/c1-24-13-7-14-25(2)21(27)17-26(16-19-8-3-4-12-22-19)15-6-10-18-9-5-11-20(24)23-18/h3-5,8-9,11-12H,6-7,10,13-17H2,1-2H3. The van der Waals surface area contributed by atoms with Gasteiger partial charge in [0.1, 0.15) is 5.82 Å². The molecule has 1 amide bonds. The van der Waals surface area contributed by atoms with Crippen LogP contribution in [0.3, 0.4) is 0 Å². The van der Waals surface area contributed by atoms with Gasteiger partial charge in [-0.2, -0.15) is 0 Å². The third-order valence-electron chi connectivity index (χ3n) is 4.97. The predicted octanol–water partition coefficient (Wildman–Crippen LogP) is 2.21. The number of hydrogen-bond acceptors (Lipinski definition) is 5. The zero-order chi connectivity index (χ0) is 19.1. The molecular weight excluding hydrogens is 338 g/mol. The van der Waals surface area contributed by atoms with Gasteiger partial charge in [0.05, 0.1) is 12.2 Å². The zero-order valence-corrected chi connectivity index (χ0v) is 16.3. The van der Waals surface area contributed by atoms with Gasteiger partial charge in [0.15, 0.2) is 0 Å². The topological polar surface area (TPSA) is 52.6 Å². The van der Waals surface area contributed by atoms with Crippen molar-refractivity contribution in [2.24, 2.45) is 0 Å². The number of likely N-dealkylation sites (N-methyl/N-ethyl adjacent to an activating group) is 1. The molecular formula is C21H29N5O. The Morgan fingerprint density at radius 2 is 1.81 bits per heavy atom. The van der Waals surface area contributed by atoms with Crippen LogP contribution in [0, 0.1) is 0 Å². The van der Waals surface area contributed by atoms with E-state index in [0.717, 1.165) is 56.1 Å². The highest BCUT2D eigenvalue weighted by Crippen LogP contribution is 2.13. The second-order valence-electron chi connectivity index (χ2n) is 7.21. The molecule has 1 aliphatic rings. The van der Waals surface area contributed by atoms with Gasteiger partial charge in [0.25, 0.3) is 0 Å². The summed E-state index contributed by atoms with van der Waals surface area (Å²) in [6.07, 6.45) is 4.60. The summed E-state index contributed by atoms with van der Waals surface area (Å²) in [6, 6.07) is 12.2. The predicted molar refractivity (Wildman–Crippen MR) is 108 cm³/mol. The quantitative estimate of drug-likeness (QED) is 0.815. The van der Waals surface area contributed by atoms with Gasteiger partial charge in [-0.05, 0) is 50.1 Å². The number of hydrogen-bond donors (Lipinski definition) is 0. The molecule has 1 aliphatic heterocycles. The summed E-state index contributed by atoms with van der Waals surface area (Å²) >= 11 is 0. The summed E-state index contributed by atoms with van der Waals surface area (Å²) < 4.78 is 0. The van der Waals surface area contributed by atoms with E-state index in [0.29, 0.717) is 13.1 Å². The van der Waals surface area contributed by atoms with Gasteiger partial charge in [-0.25, -0.2) is 4.98 Å². The molecule has 6 nitrogen and oxygen atoms in total. The van der Waals surface area contributed by atoms with Gasteiger partial charge < -0.3 is 9.80 Å². The Hall–Kier alpha value is -2.47. The highest BCUT2D eigenvalue weighted by molar-refractivity contribution is 5.77. The third-order valence-corrected chi connectivity index (χ3v) is 4.97. The van der Waals surface area contributed by atoms with Gasteiger partial charge in [0, 0.05) is 45.6 Å².